The number of para-hydroxylation sites is 2. The minimum atomic E-state index is 0.768. The Morgan fingerprint density at radius 3 is 2.14 bits per heavy atom. The van der Waals surface area contributed by atoms with Crippen LogP contribution in [0.3, 0.4) is 0 Å². The van der Waals surface area contributed by atoms with Gasteiger partial charge >= 0.3 is 0 Å². The zero-order valence-electron chi connectivity index (χ0n) is 20.1. The van der Waals surface area contributed by atoms with Gasteiger partial charge in [-0.25, -0.2) is 4.98 Å². The molecule has 7 aromatic rings. The molecule has 36 heavy (non-hydrogen) atoms. The molecule has 0 saturated heterocycles. The number of aromatic nitrogens is 1. The SMILES string of the molecule is Cc1cccc(C)c1-c1ccc(-c2cc3nc(-c4cccc5c4oc4ccccc45)ccc3o2)cc1. The summed E-state index contributed by atoms with van der Waals surface area (Å²) in [5.74, 6) is 0.810. The number of furan rings is 2. The number of aryl methyl sites for hydroxylation is 2. The van der Waals surface area contributed by atoms with E-state index < -0.39 is 0 Å². The summed E-state index contributed by atoms with van der Waals surface area (Å²) in [5.41, 5.74) is 11.3. The smallest absolute Gasteiger partial charge is 0.153 e. The first-order valence-corrected chi connectivity index (χ1v) is 12.1. The Hall–Kier alpha value is -4.63. The second-order valence-electron chi connectivity index (χ2n) is 9.32. The molecule has 3 nitrogen and oxygen atoms in total. The molecule has 4 aromatic carbocycles. The van der Waals surface area contributed by atoms with Gasteiger partial charge in [-0.2, -0.15) is 0 Å². The minimum absolute atomic E-state index is 0.768. The molecule has 0 atom stereocenters. The number of hydrogen-bond acceptors (Lipinski definition) is 3. The van der Waals surface area contributed by atoms with E-state index in [1.807, 2.05) is 36.4 Å². The van der Waals surface area contributed by atoms with Gasteiger partial charge < -0.3 is 8.83 Å². The molecule has 7 rings (SSSR count). The molecule has 0 unspecified atom stereocenters. The Bertz CT molecular complexity index is 1880. The van der Waals surface area contributed by atoms with Crippen LogP contribution in [0.25, 0.3) is 66.7 Å². The van der Waals surface area contributed by atoms with Gasteiger partial charge in [0.25, 0.3) is 0 Å². The average molecular weight is 466 g/mol. The highest BCUT2D eigenvalue weighted by Crippen LogP contribution is 2.37. The van der Waals surface area contributed by atoms with Crippen molar-refractivity contribution in [3.8, 4) is 33.7 Å². The Morgan fingerprint density at radius 2 is 1.31 bits per heavy atom. The third-order valence-corrected chi connectivity index (χ3v) is 6.99. The predicted octanol–water partition coefficient (Wildman–Crippen LogP) is 9.35. The van der Waals surface area contributed by atoms with E-state index in [1.165, 1.54) is 22.3 Å². The van der Waals surface area contributed by atoms with Crippen LogP contribution in [0.15, 0.2) is 112 Å². The molecule has 172 valence electrons. The van der Waals surface area contributed by atoms with E-state index in [4.69, 9.17) is 13.8 Å². The van der Waals surface area contributed by atoms with E-state index >= 15 is 0 Å². The van der Waals surface area contributed by atoms with Crippen molar-refractivity contribution < 1.29 is 8.83 Å². The van der Waals surface area contributed by atoms with Crippen LogP contribution in [0.2, 0.25) is 0 Å². The summed E-state index contributed by atoms with van der Waals surface area (Å²) in [4.78, 5) is 4.95. The van der Waals surface area contributed by atoms with Gasteiger partial charge in [-0.1, -0.05) is 72.8 Å². The van der Waals surface area contributed by atoms with Gasteiger partial charge in [0.1, 0.15) is 22.4 Å². The van der Waals surface area contributed by atoms with E-state index in [2.05, 4.69) is 80.6 Å². The van der Waals surface area contributed by atoms with Crippen molar-refractivity contribution in [3.63, 3.8) is 0 Å². The summed E-state index contributed by atoms with van der Waals surface area (Å²) in [6, 6.07) is 35.4. The molecule has 3 heteroatoms. The van der Waals surface area contributed by atoms with Crippen molar-refractivity contribution in [2.75, 3.05) is 0 Å². The van der Waals surface area contributed by atoms with Crippen LogP contribution in [-0.4, -0.2) is 4.98 Å². The van der Waals surface area contributed by atoms with E-state index in [1.54, 1.807) is 0 Å². The summed E-state index contributed by atoms with van der Waals surface area (Å²) in [6.07, 6.45) is 0. The Balaban J connectivity index is 1.28. The predicted molar refractivity (Wildman–Crippen MR) is 147 cm³/mol. The summed E-state index contributed by atoms with van der Waals surface area (Å²) in [6.45, 7) is 4.31. The number of fused-ring (bicyclic) bond motifs is 4. The van der Waals surface area contributed by atoms with E-state index in [-0.39, 0.29) is 0 Å². The maximum absolute atomic E-state index is 6.23. The third kappa shape index (κ3) is 3.24. The maximum Gasteiger partial charge on any atom is 0.153 e. The lowest BCUT2D eigenvalue weighted by atomic mass is 9.95. The van der Waals surface area contributed by atoms with Gasteiger partial charge in [-0.05, 0) is 60.4 Å². The Kier molecular flexibility index (Phi) is 4.58. The van der Waals surface area contributed by atoms with Crippen LogP contribution < -0.4 is 0 Å². The number of benzene rings is 4. The van der Waals surface area contributed by atoms with Gasteiger partial charge in [0.2, 0.25) is 0 Å². The van der Waals surface area contributed by atoms with E-state index in [0.29, 0.717) is 0 Å². The second-order valence-corrected chi connectivity index (χ2v) is 9.32. The molecule has 0 amide bonds. The molecule has 3 heterocycles. The number of nitrogens with zero attached hydrogens (tertiary/aromatic N) is 1. The first-order chi connectivity index (χ1) is 17.7. The molecule has 3 aromatic heterocycles. The number of hydrogen-bond donors (Lipinski definition) is 0. The van der Waals surface area contributed by atoms with Gasteiger partial charge in [0.05, 0.1) is 5.69 Å². The lowest BCUT2D eigenvalue weighted by Gasteiger charge is -2.10. The first-order valence-electron chi connectivity index (χ1n) is 12.1. The number of pyridine rings is 1. The molecular weight excluding hydrogens is 442 g/mol. The van der Waals surface area contributed by atoms with Crippen molar-refractivity contribution in [2.45, 2.75) is 13.8 Å². The molecule has 0 aliphatic heterocycles. The largest absolute Gasteiger partial charge is 0.455 e. The highest BCUT2D eigenvalue weighted by Gasteiger charge is 2.15. The molecule has 0 radical (unpaired) electrons. The molecule has 0 bridgehead atoms. The standard InChI is InChI=1S/C33H23NO2/c1-20-7-5-8-21(2)32(20)23-15-13-22(14-16-23)31-19-28-30(35-31)18-17-27(34-28)26-11-6-10-25-24-9-3-4-12-29(24)36-33(25)26/h3-19H,1-2H3. The van der Waals surface area contributed by atoms with Crippen LogP contribution in [0, 0.1) is 13.8 Å². The Morgan fingerprint density at radius 1 is 0.583 bits per heavy atom. The van der Waals surface area contributed by atoms with Crippen LogP contribution in [-0.2, 0) is 0 Å². The molecule has 0 N–H and O–H groups in total. The van der Waals surface area contributed by atoms with Gasteiger partial charge in [-0.3, -0.25) is 0 Å². The molecule has 0 aliphatic rings. The average Bonchev–Trinajstić information content (AvgIpc) is 3.50. The second kappa shape index (κ2) is 7.96. The Labute approximate surface area is 208 Å². The fraction of sp³-hybridized carbons (Fsp3) is 0.0606. The monoisotopic (exact) mass is 465 g/mol. The summed E-state index contributed by atoms with van der Waals surface area (Å²) in [7, 11) is 0. The molecular formula is C33H23NO2. The fourth-order valence-corrected chi connectivity index (χ4v) is 5.24. The van der Waals surface area contributed by atoms with Crippen LogP contribution >= 0.6 is 0 Å². The lowest BCUT2D eigenvalue weighted by Crippen LogP contribution is -1.87. The van der Waals surface area contributed by atoms with Crippen LogP contribution in [0.5, 0.6) is 0 Å². The van der Waals surface area contributed by atoms with Crippen molar-refractivity contribution >= 4 is 33.0 Å². The van der Waals surface area contributed by atoms with Gasteiger partial charge in [0.15, 0.2) is 5.58 Å². The summed E-state index contributed by atoms with van der Waals surface area (Å²) in [5, 5.41) is 2.22. The van der Waals surface area contributed by atoms with Crippen LogP contribution in [0.1, 0.15) is 11.1 Å². The fourth-order valence-electron chi connectivity index (χ4n) is 5.24. The first kappa shape index (κ1) is 20.7. The molecule has 0 spiro atoms. The van der Waals surface area contributed by atoms with Crippen molar-refractivity contribution in [1.82, 2.24) is 4.98 Å². The van der Waals surface area contributed by atoms with Crippen molar-refractivity contribution in [2.24, 2.45) is 0 Å². The van der Waals surface area contributed by atoms with Crippen LogP contribution in [0.4, 0.5) is 0 Å². The minimum Gasteiger partial charge on any atom is -0.455 e. The third-order valence-electron chi connectivity index (χ3n) is 6.99. The molecule has 0 aliphatic carbocycles. The molecule has 0 saturated carbocycles. The molecule has 0 fully saturated rings. The van der Waals surface area contributed by atoms with E-state index in [9.17, 15) is 0 Å². The highest BCUT2D eigenvalue weighted by molar-refractivity contribution is 6.09. The zero-order chi connectivity index (χ0) is 24.2. The lowest BCUT2D eigenvalue weighted by molar-refractivity contribution is 0.631. The van der Waals surface area contributed by atoms with E-state index in [0.717, 1.165) is 55.6 Å². The van der Waals surface area contributed by atoms with Gasteiger partial charge in [-0.15, -0.1) is 0 Å². The summed E-state index contributed by atoms with van der Waals surface area (Å²) < 4.78 is 12.4. The zero-order valence-corrected chi connectivity index (χ0v) is 20.1. The topological polar surface area (TPSA) is 39.2 Å². The summed E-state index contributed by atoms with van der Waals surface area (Å²) >= 11 is 0. The normalized spacial score (nSPS) is 11.6. The van der Waals surface area contributed by atoms with Crippen molar-refractivity contribution in [1.29, 1.82) is 0 Å². The number of rotatable bonds is 3. The van der Waals surface area contributed by atoms with Crippen molar-refractivity contribution in [3.05, 3.63) is 114 Å². The quantitative estimate of drug-likeness (QED) is 0.261. The highest BCUT2D eigenvalue weighted by atomic mass is 16.3. The maximum atomic E-state index is 6.23. The van der Waals surface area contributed by atoms with Gasteiger partial charge in [0, 0.05) is 28.0 Å².